The molecule has 8 heteroatoms. The number of nitrogen functional groups attached to an aromatic ring is 1. The van der Waals surface area contributed by atoms with Gasteiger partial charge in [0.2, 0.25) is 0 Å². The third-order valence-corrected chi connectivity index (χ3v) is 4.49. The summed E-state index contributed by atoms with van der Waals surface area (Å²) in [5, 5.41) is 18.9. The fourth-order valence-corrected chi connectivity index (χ4v) is 3.36. The van der Waals surface area contributed by atoms with Gasteiger partial charge in [-0.3, -0.25) is 9.69 Å². The molecule has 1 aliphatic rings. The molecule has 0 spiro atoms. The fourth-order valence-electron chi connectivity index (χ4n) is 3.36. The van der Waals surface area contributed by atoms with Gasteiger partial charge in [-0.15, -0.1) is 0 Å². The Morgan fingerprint density at radius 1 is 1.12 bits per heavy atom. The van der Waals surface area contributed by atoms with Crippen LogP contribution in [0.3, 0.4) is 0 Å². The van der Waals surface area contributed by atoms with Crippen LogP contribution in [0.25, 0.3) is 11.1 Å². The molecule has 1 fully saturated rings. The smallest absolute Gasteiger partial charge is 0.342 e. The molecule has 2 heterocycles. The number of likely N-dealkylation sites (tertiary alicyclic amines) is 1. The summed E-state index contributed by atoms with van der Waals surface area (Å²) in [7, 11) is 0. The van der Waals surface area contributed by atoms with E-state index in [-0.39, 0.29) is 11.4 Å². The number of nitrogens with two attached hydrogens (primary N) is 1. The van der Waals surface area contributed by atoms with Crippen LogP contribution in [0.4, 0.5) is 5.82 Å². The number of carbonyl (C=O) groups is 2. The van der Waals surface area contributed by atoms with E-state index in [2.05, 4.69) is 9.88 Å². The SMILES string of the molecule is Nc1[nH]c(=O)c(C(=O)O)c(-c2cccc(CN3CCCC3)c2)c1C(=O)O. The lowest BCUT2D eigenvalue weighted by Crippen LogP contribution is -2.24. The molecule has 0 atom stereocenters. The van der Waals surface area contributed by atoms with Gasteiger partial charge in [-0.25, -0.2) is 9.59 Å². The van der Waals surface area contributed by atoms with Gasteiger partial charge in [0.05, 0.1) is 0 Å². The molecule has 0 bridgehead atoms. The summed E-state index contributed by atoms with van der Waals surface area (Å²) in [4.78, 5) is 39.7. The van der Waals surface area contributed by atoms with Gasteiger partial charge in [0.15, 0.2) is 0 Å². The molecule has 2 aromatic rings. The molecule has 0 saturated carbocycles. The van der Waals surface area contributed by atoms with Crippen molar-refractivity contribution >= 4 is 17.8 Å². The lowest BCUT2D eigenvalue weighted by Gasteiger charge is -2.16. The number of nitrogens with one attached hydrogen (secondary N) is 1. The van der Waals surface area contributed by atoms with E-state index in [0.717, 1.165) is 31.5 Å². The average molecular weight is 357 g/mol. The Labute approximate surface area is 148 Å². The molecule has 0 radical (unpaired) electrons. The highest BCUT2D eigenvalue weighted by molar-refractivity contribution is 6.07. The van der Waals surface area contributed by atoms with Crippen molar-refractivity contribution in [2.45, 2.75) is 19.4 Å². The quantitative estimate of drug-likeness (QED) is 0.638. The Balaban J connectivity index is 2.17. The van der Waals surface area contributed by atoms with Crippen molar-refractivity contribution in [3.05, 3.63) is 51.3 Å². The number of pyridine rings is 1. The van der Waals surface area contributed by atoms with Gasteiger partial charge in [0.1, 0.15) is 16.9 Å². The Kier molecular flexibility index (Phi) is 4.77. The van der Waals surface area contributed by atoms with Gasteiger partial charge in [-0.05, 0) is 43.1 Å². The van der Waals surface area contributed by atoms with Crippen LogP contribution in [-0.4, -0.2) is 45.1 Å². The second kappa shape index (κ2) is 7.01. The van der Waals surface area contributed by atoms with Gasteiger partial charge in [-0.2, -0.15) is 0 Å². The molecule has 136 valence electrons. The molecule has 0 amide bonds. The van der Waals surface area contributed by atoms with Crippen LogP contribution in [0.15, 0.2) is 29.1 Å². The maximum absolute atomic E-state index is 12.1. The van der Waals surface area contributed by atoms with E-state index in [9.17, 15) is 24.6 Å². The first-order valence-corrected chi connectivity index (χ1v) is 8.22. The zero-order valence-electron chi connectivity index (χ0n) is 14.0. The Morgan fingerprint density at radius 3 is 2.38 bits per heavy atom. The van der Waals surface area contributed by atoms with Crippen molar-refractivity contribution < 1.29 is 19.8 Å². The zero-order chi connectivity index (χ0) is 18.8. The molecule has 0 unspecified atom stereocenters. The molecule has 1 saturated heterocycles. The van der Waals surface area contributed by atoms with E-state index >= 15 is 0 Å². The Bertz CT molecular complexity index is 929. The first kappa shape index (κ1) is 17.7. The van der Waals surface area contributed by atoms with E-state index in [1.165, 1.54) is 0 Å². The van der Waals surface area contributed by atoms with Crippen molar-refractivity contribution in [2.75, 3.05) is 18.8 Å². The van der Waals surface area contributed by atoms with E-state index in [1.807, 2.05) is 6.07 Å². The van der Waals surface area contributed by atoms with Crippen LogP contribution < -0.4 is 11.3 Å². The minimum absolute atomic E-state index is 0.172. The molecule has 5 N–H and O–H groups in total. The number of aromatic nitrogens is 1. The number of benzene rings is 1. The van der Waals surface area contributed by atoms with Gasteiger partial charge in [-0.1, -0.05) is 18.2 Å². The summed E-state index contributed by atoms with van der Waals surface area (Å²) in [6.07, 6.45) is 2.27. The molecule has 26 heavy (non-hydrogen) atoms. The number of anilines is 1. The summed E-state index contributed by atoms with van der Waals surface area (Å²) in [6.45, 7) is 2.66. The summed E-state index contributed by atoms with van der Waals surface area (Å²) < 4.78 is 0. The molecular formula is C18H19N3O5. The first-order valence-electron chi connectivity index (χ1n) is 8.22. The number of aromatic carboxylic acids is 2. The molecule has 0 aliphatic carbocycles. The predicted molar refractivity (Wildman–Crippen MR) is 95.3 cm³/mol. The van der Waals surface area contributed by atoms with E-state index < -0.39 is 28.6 Å². The van der Waals surface area contributed by atoms with Crippen molar-refractivity contribution in [3.8, 4) is 11.1 Å². The maximum atomic E-state index is 12.1. The van der Waals surface area contributed by atoms with Crippen LogP contribution in [0.2, 0.25) is 0 Å². The van der Waals surface area contributed by atoms with Gasteiger partial charge >= 0.3 is 11.9 Å². The largest absolute Gasteiger partial charge is 0.478 e. The number of rotatable bonds is 5. The zero-order valence-corrected chi connectivity index (χ0v) is 14.0. The van der Waals surface area contributed by atoms with E-state index in [0.29, 0.717) is 12.1 Å². The standard InChI is InChI=1S/C18H19N3O5/c19-15-13(17(23)24)12(14(18(25)26)16(22)20-15)11-5-3-4-10(8-11)9-21-6-1-2-7-21/h3-5,8H,1-2,6-7,9H2,(H,23,24)(H,25,26)(H3,19,20,22). The van der Waals surface area contributed by atoms with Gasteiger partial charge in [0.25, 0.3) is 5.56 Å². The maximum Gasteiger partial charge on any atom is 0.342 e. The van der Waals surface area contributed by atoms with Crippen LogP contribution in [-0.2, 0) is 6.54 Å². The van der Waals surface area contributed by atoms with Crippen LogP contribution >= 0.6 is 0 Å². The van der Waals surface area contributed by atoms with Crippen molar-refractivity contribution in [1.29, 1.82) is 0 Å². The van der Waals surface area contributed by atoms with Crippen LogP contribution in [0.5, 0.6) is 0 Å². The van der Waals surface area contributed by atoms with Gasteiger partial charge < -0.3 is 20.9 Å². The third kappa shape index (κ3) is 3.31. The summed E-state index contributed by atoms with van der Waals surface area (Å²) in [5.41, 5.74) is 4.77. The Hall–Kier alpha value is -3.13. The minimum atomic E-state index is -1.51. The third-order valence-electron chi connectivity index (χ3n) is 4.49. The highest BCUT2D eigenvalue weighted by atomic mass is 16.4. The number of hydrogen-bond acceptors (Lipinski definition) is 5. The normalized spacial score (nSPS) is 14.5. The highest BCUT2D eigenvalue weighted by Crippen LogP contribution is 2.30. The van der Waals surface area contributed by atoms with Crippen molar-refractivity contribution in [1.82, 2.24) is 9.88 Å². The molecule has 8 nitrogen and oxygen atoms in total. The predicted octanol–water partition coefficient (Wildman–Crippen LogP) is 1.62. The number of hydrogen-bond donors (Lipinski definition) is 4. The van der Waals surface area contributed by atoms with E-state index in [4.69, 9.17) is 5.73 Å². The molecule has 1 aromatic carbocycles. The Morgan fingerprint density at radius 2 is 1.77 bits per heavy atom. The summed E-state index contributed by atoms with van der Waals surface area (Å²) >= 11 is 0. The number of carboxylic acid groups (broad SMARTS) is 2. The first-order chi connectivity index (χ1) is 12.4. The fraction of sp³-hybridized carbons (Fsp3) is 0.278. The average Bonchev–Trinajstić information content (AvgIpc) is 3.06. The summed E-state index contributed by atoms with van der Waals surface area (Å²) in [5.74, 6) is -3.28. The topological polar surface area (TPSA) is 137 Å². The second-order valence-electron chi connectivity index (χ2n) is 6.29. The van der Waals surface area contributed by atoms with E-state index in [1.54, 1.807) is 18.2 Å². The number of carboxylic acids is 2. The highest BCUT2D eigenvalue weighted by Gasteiger charge is 2.26. The summed E-state index contributed by atoms with van der Waals surface area (Å²) in [6, 6.07) is 6.90. The lowest BCUT2D eigenvalue weighted by atomic mass is 9.94. The molecule has 1 aliphatic heterocycles. The molecule has 1 aromatic heterocycles. The number of aromatic amines is 1. The number of H-pyrrole nitrogens is 1. The van der Waals surface area contributed by atoms with Crippen molar-refractivity contribution in [3.63, 3.8) is 0 Å². The lowest BCUT2D eigenvalue weighted by molar-refractivity contribution is 0.0695. The monoisotopic (exact) mass is 357 g/mol. The van der Waals surface area contributed by atoms with Crippen LogP contribution in [0, 0.1) is 0 Å². The molecular weight excluding hydrogens is 338 g/mol. The molecule has 3 rings (SSSR count). The number of nitrogens with zero attached hydrogens (tertiary/aromatic N) is 1. The minimum Gasteiger partial charge on any atom is -0.478 e. The van der Waals surface area contributed by atoms with Crippen LogP contribution in [0.1, 0.15) is 39.1 Å². The van der Waals surface area contributed by atoms with Crippen molar-refractivity contribution in [2.24, 2.45) is 0 Å². The second-order valence-corrected chi connectivity index (χ2v) is 6.29. The van der Waals surface area contributed by atoms with Gasteiger partial charge in [0, 0.05) is 12.1 Å².